The Kier molecular flexibility index (Phi) is 7.54. The minimum absolute atomic E-state index is 0.0730. The average Bonchev–Trinajstić information content (AvgIpc) is 2.31. The van der Waals surface area contributed by atoms with E-state index >= 15 is 0 Å². The van der Waals surface area contributed by atoms with Crippen molar-refractivity contribution >= 4 is 11.9 Å². The second-order valence-electron chi connectivity index (χ2n) is 4.42. The Hall–Kier alpha value is -1.10. The van der Waals surface area contributed by atoms with E-state index in [0.717, 1.165) is 6.42 Å². The molecule has 0 saturated carbocycles. The molecular weight excluding hydrogens is 220 g/mol. The fourth-order valence-electron chi connectivity index (χ4n) is 1.41. The van der Waals surface area contributed by atoms with Gasteiger partial charge in [-0.1, -0.05) is 20.8 Å². The van der Waals surface area contributed by atoms with Crippen LogP contribution in [0.1, 0.15) is 34.1 Å². The van der Waals surface area contributed by atoms with Gasteiger partial charge in [-0.2, -0.15) is 0 Å². The molecule has 0 aliphatic heterocycles. The summed E-state index contributed by atoms with van der Waals surface area (Å²) >= 11 is 0. The van der Waals surface area contributed by atoms with Gasteiger partial charge >= 0.3 is 5.97 Å². The first-order chi connectivity index (χ1) is 7.93. The lowest BCUT2D eigenvalue weighted by Gasteiger charge is -2.23. The Balaban J connectivity index is 4.35. The predicted octanol–water partition coefficient (Wildman–Crippen LogP) is 0.688. The van der Waals surface area contributed by atoms with Gasteiger partial charge < -0.3 is 10.1 Å². The molecule has 0 fully saturated rings. The molecule has 17 heavy (non-hydrogen) atoms. The summed E-state index contributed by atoms with van der Waals surface area (Å²) in [4.78, 5) is 23.2. The summed E-state index contributed by atoms with van der Waals surface area (Å²) in [7, 11) is 1.35. The van der Waals surface area contributed by atoms with Crippen LogP contribution in [0.4, 0.5) is 0 Å². The number of rotatable bonds is 7. The third kappa shape index (κ3) is 5.68. The maximum Gasteiger partial charge on any atom is 0.323 e. The largest absolute Gasteiger partial charge is 0.468 e. The molecule has 0 aromatic rings. The molecule has 5 heteroatoms. The van der Waals surface area contributed by atoms with E-state index in [4.69, 9.17) is 4.74 Å². The fraction of sp³-hybridized carbons (Fsp3) is 0.833. The lowest BCUT2D eigenvalue weighted by molar-refractivity contribution is -0.144. The van der Waals surface area contributed by atoms with Crippen molar-refractivity contribution in [3.05, 3.63) is 0 Å². The number of amides is 1. The van der Waals surface area contributed by atoms with Crippen molar-refractivity contribution in [2.45, 2.75) is 46.2 Å². The zero-order valence-electron chi connectivity index (χ0n) is 11.4. The highest BCUT2D eigenvalue weighted by molar-refractivity contribution is 5.83. The van der Waals surface area contributed by atoms with Crippen LogP contribution in [0.15, 0.2) is 0 Å². The highest BCUT2D eigenvalue weighted by Gasteiger charge is 2.26. The molecular formula is C12H24N2O3. The van der Waals surface area contributed by atoms with Crippen molar-refractivity contribution in [2.24, 2.45) is 5.92 Å². The normalized spacial score (nSPS) is 14.2. The van der Waals surface area contributed by atoms with E-state index in [-0.39, 0.29) is 17.8 Å². The van der Waals surface area contributed by atoms with Crippen molar-refractivity contribution in [1.29, 1.82) is 0 Å². The number of esters is 1. The second kappa shape index (κ2) is 8.06. The first kappa shape index (κ1) is 15.9. The third-order valence-corrected chi connectivity index (χ3v) is 2.49. The van der Waals surface area contributed by atoms with Gasteiger partial charge in [0, 0.05) is 6.54 Å². The molecule has 0 radical (unpaired) electrons. The summed E-state index contributed by atoms with van der Waals surface area (Å²) < 4.78 is 4.70. The van der Waals surface area contributed by atoms with Crippen molar-refractivity contribution in [1.82, 2.24) is 10.6 Å². The summed E-state index contributed by atoms with van der Waals surface area (Å²) in [5, 5.41) is 5.77. The Morgan fingerprint density at radius 1 is 1.24 bits per heavy atom. The highest BCUT2D eigenvalue weighted by atomic mass is 16.5. The smallest absolute Gasteiger partial charge is 0.323 e. The number of methoxy groups -OCH3 is 1. The molecule has 0 heterocycles. The Labute approximate surface area is 103 Å². The van der Waals surface area contributed by atoms with Gasteiger partial charge in [-0.15, -0.1) is 0 Å². The first-order valence-electron chi connectivity index (χ1n) is 6.05. The second-order valence-corrected chi connectivity index (χ2v) is 4.42. The molecule has 2 atom stereocenters. The van der Waals surface area contributed by atoms with Gasteiger partial charge in [0.05, 0.1) is 13.2 Å². The number of carbonyl (C=O) groups is 2. The molecule has 5 nitrogen and oxygen atoms in total. The molecule has 1 amide bonds. The molecule has 2 unspecified atom stereocenters. The van der Waals surface area contributed by atoms with Gasteiger partial charge in [-0.25, -0.2) is 0 Å². The third-order valence-electron chi connectivity index (χ3n) is 2.49. The average molecular weight is 244 g/mol. The van der Waals surface area contributed by atoms with Gasteiger partial charge in [0.2, 0.25) is 5.91 Å². The molecule has 0 bridgehead atoms. The monoisotopic (exact) mass is 244 g/mol. The number of hydrogen-bond donors (Lipinski definition) is 2. The molecule has 0 saturated heterocycles. The number of carbonyl (C=O) groups excluding carboxylic acids is 2. The van der Waals surface area contributed by atoms with Crippen molar-refractivity contribution < 1.29 is 14.3 Å². The van der Waals surface area contributed by atoms with E-state index in [1.54, 1.807) is 6.92 Å². The fourth-order valence-corrected chi connectivity index (χ4v) is 1.41. The van der Waals surface area contributed by atoms with Crippen LogP contribution in [0, 0.1) is 5.92 Å². The van der Waals surface area contributed by atoms with Gasteiger partial charge in [-0.3, -0.25) is 14.9 Å². The topological polar surface area (TPSA) is 67.4 Å². The van der Waals surface area contributed by atoms with Gasteiger partial charge in [0.15, 0.2) is 0 Å². The van der Waals surface area contributed by atoms with Crippen LogP contribution < -0.4 is 10.6 Å². The van der Waals surface area contributed by atoms with Crippen molar-refractivity contribution in [3.63, 3.8) is 0 Å². The summed E-state index contributed by atoms with van der Waals surface area (Å²) in [5.74, 6) is -0.361. The number of ether oxygens (including phenoxy) is 1. The molecule has 0 aromatic carbocycles. The van der Waals surface area contributed by atoms with Crippen LogP contribution in [0.2, 0.25) is 0 Å². The van der Waals surface area contributed by atoms with E-state index in [9.17, 15) is 9.59 Å². The zero-order valence-corrected chi connectivity index (χ0v) is 11.4. The predicted molar refractivity (Wildman–Crippen MR) is 66.5 cm³/mol. The molecule has 100 valence electrons. The van der Waals surface area contributed by atoms with Crippen LogP contribution in [0.3, 0.4) is 0 Å². The first-order valence-corrected chi connectivity index (χ1v) is 6.05. The summed E-state index contributed by atoms with van der Waals surface area (Å²) in [6.45, 7) is 8.19. The van der Waals surface area contributed by atoms with Gasteiger partial charge in [-0.05, 0) is 19.3 Å². The maximum absolute atomic E-state index is 11.6. The lowest BCUT2D eigenvalue weighted by Crippen LogP contribution is -2.51. The van der Waals surface area contributed by atoms with E-state index < -0.39 is 12.1 Å². The summed E-state index contributed by atoms with van der Waals surface area (Å²) in [6, 6.07) is -0.865. The quantitative estimate of drug-likeness (QED) is 0.647. The lowest BCUT2D eigenvalue weighted by atomic mass is 10.0. The van der Waals surface area contributed by atoms with E-state index in [2.05, 4.69) is 10.6 Å². The molecule has 0 aliphatic rings. The van der Waals surface area contributed by atoms with Crippen molar-refractivity contribution in [3.8, 4) is 0 Å². The standard InChI is InChI=1S/C12H24N2O3/c1-6-7-13-11(15)9(4)14-10(8(2)3)12(16)17-5/h8-10,14H,6-7H2,1-5H3,(H,13,15). The molecule has 2 N–H and O–H groups in total. The Morgan fingerprint density at radius 3 is 2.24 bits per heavy atom. The molecule has 0 rings (SSSR count). The molecule has 0 aromatic heterocycles. The van der Waals surface area contributed by atoms with Crippen LogP contribution >= 0.6 is 0 Å². The molecule has 0 spiro atoms. The van der Waals surface area contributed by atoms with E-state index in [0.29, 0.717) is 6.54 Å². The van der Waals surface area contributed by atoms with Crippen LogP contribution in [0.5, 0.6) is 0 Å². The van der Waals surface area contributed by atoms with Crippen molar-refractivity contribution in [2.75, 3.05) is 13.7 Å². The number of nitrogens with one attached hydrogen (secondary N) is 2. The maximum atomic E-state index is 11.6. The van der Waals surface area contributed by atoms with Gasteiger partial charge in [0.1, 0.15) is 6.04 Å². The van der Waals surface area contributed by atoms with Gasteiger partial charge in [0.25, 0.3) is 0 Å². The van der Waals surface area contributed by atoms with E-state index in [1.807, 2.05) is 20.8 Å². The minimum atomic E-state index is -0.456. The SMILES string of the molecule is CCCNC(=O)C(C)NC(C(=O)OC)C(C)C. The summed E-state index contributed by atoms with van der Waals surface area (Å²) in [6.07, 6.45) is 0.892. The summed E-state index contributed by atoms with van der Waals surface area (Å²) in [5.41, 5.74) is 0. The van der Waals surface area contributed by atoms with Crippen LogP contribution in [-0.2, 0) is 14.3 Å². The number of hydrogen-bond acceptors (Lipinski definition) is 4. The van der Waals surface area contributed by atoms with E-state index in [1.165, 1.54) is 7.11 Å². The zero-order chi connectivity index (χ0) is 13.4. The Morgan fingerprint density at radius 2 is 1.82 bits per heavy atom. The highest BCUT2D eigenvalue weighted by Crippen LogP contribution is 2.04. The molecule has 0 aliphatic carbocycles. The minimum Gasteiger partial charge on any atom is -0.468 e. The Bertz CT molecular complexity index is 254. The van der Waals surface area contributed by atoms with Crippen LogP contribution in [0.25, 0.3) is 0 Å². The van der Waals surface area contributed by atoms with Crippen LogP contribution in [-0.4, -0.2) is 37.6 Å².